The van der Waals surface area contributed by atoms with Gasteiger partial charge in [0.05, 0.1) is 38.4 Å². The van der Waals surface area contributed by atoms with Crippen LogP contribution < -0.4 is 0 Å². The predicted octanol–water partition coefficient (Wildman–Crippen LogP) is 5.47. The van der Waals surface area contributed by atoms with Crippen molar-refractivity contribution in [1.29, 1.82) is 0 Å². The maximum atomic E-state index is 12.7. The van der Waals surface area contributed by atoms with Gasteiger partial charge < -0.3 is 33.2 Å². The van der Waals surface area contributed by atoms with Crippen molar-refractivity contribution >= 4 is 14.3 Å². The van der Waals surface area contributed by atoms with Crippen LogP contribution in [-0.2, 0) is 32.9 Å². The summed E-state index contributed by atoms with van der Waals surface area (Å²) in [6, 6.07) is 0. The Labute approximate surface area is 230 Å². The third-order valence-electron chi connectivity index (χ3n) is 9.23. The molecule has 1 heterocycles. The molecule has 38 heavy (non-hydrogen) atoms. The van der Waals surface area contributed by atoms with Crippen LogP contribution in [0.2, 0.25) is 18.1 Å². The van der Waals surface area contributed by atoms with Crippen molar-refractivity contribution in [2.45, 2.75) is 96.4 Å². The lowest BCUT2D eigenvalue weighted by molar-refractivity contribution is -0.146. The summed E-state index contributed by atoms with van der Waals surface area (Å²) in [5.74, 6) is -0.855. The van der Waals surface area contributed by atoms with Gasteiger partial charge >= 0.3 is 5.97 Å². The van der Waals surface area contributed by atoms with E-state index in [9.17, 15) is 9.90 Å². The Hall–Kier alpha value is -0.813. The average molecular weight is 557 g/mol. The van der Waals surface area contributed by atoms with E-state index in [0.29, 0.717) is 32.3 Å². The van der Waals surface area contributed by atoms with Gasteiger partial charge in [-0.2, -0.15) is 0 Å². The summed E-state index contributed by atoms with van der Waals surface area (Å²) in [6.07, 6.45) is 8.38. The molecule has 0 radical (unpaired) electrons. The first-order chi connectivity index (χ1) is 17.9. The van der Waals surface area contributed by atoms with Crippen LogP contribution >= 0.6 is 0 Å². The third kappa shape index (κ3) is 8.35. The van der Waals surface area contributed by atoms with E-state index in [-0.39, 0.29) is 48.1 Å². The fourth-order valence-corrected chi connectivity index (χ4v) is 7.38. The lowest BCUT2D eigenvalue weighted by Crippen LogP contribution is -2.47. The number of carboxylic acid groups (broad SMARTS) is 1. The summed E-state index contributed by atoms with van der Waals surface area (Å²) in [7, 11) is -0.421. The number of rotatable bonds is 14. The van der Waals surface area contributed by atoms with E-state index in [1.54, 1.807) is 7.11 Å². The van der Waals surface area contributed by atoms with E-state index in [0.717, 1.165) is 32.1 Å². The first kappa shape index (κ1) is 31.7. The lowest BCUT2D eigenvalue weighted by Gasteiger charge is -2.42. The van der Waals surface area contributed by atoms with Gasteiger partial charge in [-0.1, -0.05) is 39.8 Å². The molecule has 2 fully saturated rings. The average Bonchev–Trinajstić information content (AvgIpc) is 3.46. The molecule has 8 nitrogen and oxygen atoms in total. The van der Waals surface area contributed by atoms with Crippen molar-refractivity contribution in [1.82, 2.24) is 0 Å². The summed E-state index contributed by atoms with van der Waals surface area (Å²) in [6.45, 7) is 15.9. The van der Waals surface area contributed by atoms with E-state index in [4.69, 9.17) is 28.1 Å². The monoisotopic (exact) mass is 556 g/mol. The second kappa shape index (κ2) is 14.2. The largest absolute Gasteiger partial charge is 0.481 e. The smallest absolute Gasteiger partial charge is 0.307 e. The number of ether oxygens (including phenoxy) is 5. The highest BCUT2D eigenvalue weighted by Gasteiger charge is 2.48. The molecular weight excluding hydrogens is 504 g/mol. The zero-order chi connectivity index (χ0) is 27.9. The maximum absolute atomic E-state index is 12.7. The topological polar surface area (TPSA) is 92.7 Å². The standard InChI is InChI=1S/C29H52O8Si/c1-20(8-13-26-34-16-17-35-26)27(28(30)31)21-9-10-22-23(11-12-24(22)36-19-33-15-14-32-5)25(18-21)37-38(6,7)29(2,3)4/h9-10,20-27H,8,11-19H2,1-7H3,(H,30,31)/t20-,21+,22+,23+,24-,25-,27+/m0/s1. The number of hydrogen-bond acceptors (Lipinski definition) is 7. The summed E-state index contributed by atoms with van der Waals surface area (Å²) in [5, 5.41) is 10.5. The van der Waals surface area contributed by atoms with Crippen LogP contribution in [0.4, 0.5) is 0 Å². The van der Waals surface area contributed by atoms with Crippen molar-refractivity contribution in [3.8, 4) is 0 Å². The molecule has 0 aromatic rings. The third-order valence-corrected chi connectivity index (χ3v) is 13.7. The quantitative estimate of drug-likeness (QED) is 0.130. The van der Waals surface area contributed by atoms with Gasteiger partial charge in [0, 0.05) is 19.1 Å². The zero-order valence-electron chi connectivity index (χ0n) is 24.6. The summed E-state index contributed by atoms with van der Waals surface area (Å²) in [4.78, 5) is 12.7. The number of carboxylic acids is 1. The van der Waals surface area contributed by atoms with Gasteiger partial charge in [0.2, 0.25) is 0 Å². The first-order valence-corrected chi connectivity index (χ1v) is 17.4. The van der Waals surface area contributed by atoms with Crippen molar-refractivity contribution in [3.63, 3.8) is 0 Å². The molecule has 0 spiro atoms. The first-order valence-electron chi connectivity index (χ1n) is 14.4. The Morgan fingerprint density at radius 3 is 2.45 bits per heavy atom. The van der Waals surface area contributed by atoms with Gasteiger partial charge in [-0.05, 0) is 68.0 Å². The molecule has 1 N–H and O–H groups in total. The number of methoxy groups -OCH3 is 1. The highest BCUT2D eigenvalue weighted by Crippen LogP contribution is 2.47. The Morgan fingerprint density at radius 1 is 1.11 bits per heavy atom. The van der Waals surface area contributed by atoms with Crippen molar-refractivity contribution in [2.75, 3.05) is 40.3 Å². The zero-order valence-corrected chi connectivity index (χ0v) is 25.6. The van der Waals surface area contributed by atoms with Gasteiger partial charge in [0.1, 0.15) is 6.79 Å². The van der Waals surface area contributed by atoms with E-state index in [1.807, 2.05) is 0 Å². The molecule has 2 aliphatic carbocycles. The van der Waals surface area contributed by atoms with Crippen LogP contribution in [0, 0.1) is 29.6 Å². The molecule has 0 unspecified atom stereocenters. The van der Waals surface area contributed by atoms with E-state index < -0.39 is 20.2 Å². The highest BCUT2D eigenvalue weighted by atomic mass is 28.4. The molecule has 0 bridgehead atoms. The molecule has 220 valence electrons. The van der Waals surface area contributed by atoms with E-state index in [1.165, 1.54) is 0 Å². The second-order valence-electron chi connectivity index (χ2n) is 12.8. The molecule has 1 saturated heterocycles. The van der Waals surface area contributed by atoms with Crippen molar-refractivity contribution in [2.24, 2.45) is 29.6 Å². The number of carbonyl (C=O) groups is 1. The van der Waals surface area contributed by atoms with Crippen LogP contribution in [0.1, 0.15) is 59.8 Å². The molecule has 0 amide bonds. The van der Waals surface area contributed by atoms with E-state index >= 15 is 0 Å². The molecule has 0 aromatic heterocycles. The Balaban J connectivity index is 1.78. The van der Waals surface area contributed by atoms with Gasteiger partial charge in [0.25, 0.3) is 0 Å². The Bertz CT molecular complexity index is 760. The van der Waals surface area contributed by atoms with Crippen LogP contribution in [0.25, 0.3) is 0 Å². The van der Waals surface area contributed by atoms with Crippen LogP contribution in [0.3, 0.4) is 0 Å². The molecule has 1 aliphatic heterocycles. The second-order valence-corrected chi connectivity index (χ2v) is 17.6. The van der Waals surface area contributed by atoms with Crippen LogP contribution in [0.15, 0.2) is 12.2 Å². The molecule has 3 aliphatic rings. The minimum atomic E-state index is -2.08. The summed E-state index contributed by atoms with van der Waals surface area (Å²) >= 11 is 0. The highest BCUT2D eigenvalue weighted by molar-refractivity contribution is 6.74. The molecule has 7 atom stereocenters. The van der Waals surface area contributed by atoms with Crippen LogP contribution in [0.5, 0.6) is 0 Å². The minimum Gasteiger partial charge on any atom is -0.481 e. The van der Waals surface area contributed by atoms with Crippen LogP contribution in [-0.4, -0.2) is 78.2 Å². The predicted molar refractivity (Wildman–Crippen MR) is 148 cm³/mol. The van der Waals surface area contributed by atoms with Crippen molar-refractivity contribution in [3.05, 3.63) is 12.2 Å². The number of hydrogen-bond donors (Lipinski definition) is 1. The van der Waals surface area contributed by atoms with Crippen molar-refractivity contribution < 1.29 is 38.0 Å². The lowest BCUT2D eigenvalue weighted by atomic mass is 9.77. The number of allylic oxidation sites excluding steroid dienone is 1. The van der Waals surface area contributed by atoms with Gasteiger partial charge in [0.15, 0.2) is 14.6 Å². The summed E-state index contributed by atoms with van der Waals surface area (Å²) < 4.78 is 35.1. The fourth-order valence-electron chi connectivity index (χ4n) is 6.00. The SMILES string of the molecule is COCCOCO[C@H]1CC[C@@H]2[C@H]1C=C[C@@H]([C@H](C(=O)O)[C@@H](C)CCC1OCCO1)C[C@@H]2O[Si](C)(C)C(C)(C)C. The maximum Gasteiger partial charge on any atom is 0.307 e. The Kier molecular flexibility index (Phi) is 11.8. The minimum absolute atomic E-state index is 0.000509. The van der Waals surface area contributed by atoms with Gasteiger partial charge in [-0.25, -0.2) is 0 Å². The normalized spacial score (nSPS) is 30.2. The summed E-state index contributed by atoms with van der Waals surface area (Å²) in [5.41, 5.74) is 0. The fraction of sp³-hybridized carbons (Fsp3) is 0.897. The van der Waals surface area contributed by atoms with Gasteiger partial charge in [-0.3, -0.25) is 4.79 Å². The molecule has 0 aromatic carbocycles. The van der Waals surface area contributed by atoms with Gasteiger partial charge in [-0.15, -0.1) is 0 Å². The molecule has 3 rings (SSSR count). The molecular formula is C29H52O8Si. The Morgan fingerprint density at radius 2 is 1.82 bits per heavy atom. The van der Waals surface area contributed by atoms with E-state index in [2.05, 4.69) is 52.9 Å². The number of aliphatic carboxylic acids is 1. The molecule has 1 saturated carbocycles. The molecule has 9 heteroatoms. The number of fused-ring (bicyclic) bond motifs is 1.